The quantitative estimate of drug-likeness (QED) is 0.592. The van der Waals surface area contributed by atoms with E-state index in [0.717, 1.165) is 17.8 Å². The lowest BCUT2D eigenvalue weighted by molar-refractivity contribution is 0.204. The molecule has 76 valence electrons. The molecule has 0 heterocycles. The summed E-state index contributed by atoms with van der Waals surface area (Å²) in [4.78, 5) is 2.31. The van der Waals surface area contributed by atoms with Crippen LogP contribution in [0.25, 0.3) is 0 Å². The first-order valence-electron chi connectivity index (χ1n) is 5.32. The Labute approximate surface area is 82.8 Å². The molecule has 0 aliphatic heterocycles. The predicted octanol–water partition coefficient (Wildman–Crippen LogP) is 2.79. The third-order valence-electron chi connectivity index (χ3n) is 3.17. The maximum atomic E-state index is 2.45. The number of rotatable bonds is 2. The van der Waals surface area contributed by atoms with Gasteiger partial charge in [0.1, 0.15) is 0 Å². The summed E-state index contributed by atoms with van der Waals surface area (Å²) < 4.78 is 0. The molecule has 0 N–H and O–H groups in total. The Morgan fingerprint density at radius 3 is 2.46 bits per heavy atom. The van der Waals surface area contributed by atoms with Gasteiger partial charge in [-0.05, 0) is 45.2 Å². The zero-order valence-corrected chi connectivity index (χ0v) is 9.67. The predicted molar refractivity (Wildman–Crippen MR) is 58.7 cm³/mol. The number of allylic oxidation sites excluding steroid dienone is 2. The minimum absolute atomic E-state index is 0.756. The second-order valence-electron chi connectivity index (χ2n) is 4.98. The summed E-state index contributed by atoms with van der Waals surface area (Å²) in [6.07, 6.45) is 3.75. The molecule has 3 atom stereocenters. The summed E-state index contributed by atoms with van der Waals surface area (Å²) >= 11 is 0. The summed E-state index contributed by atoms with van der Waals surface area (Å²) in [5.41, 5.74) is 1.58. The van der Waals surface area contributed by atoms with Crippen LogP contribution >= 0.6 is 0 Å². The topological polar surface area (TPSA) is 3.24 Å². The fourth-order valence-electron chi connectivity index (χ4n) is 2.59. The van der Waals surface area contributed by atoms with E-state index in [4.69, 9.17) is 0 Å². The molecule has 0 amide bonds. The van der Waals surface area contributed by atoms with Crippen molar-refractivity contribution in [1.82, 2.24) is 4.90 Å². The first-order valence-corrected chi connectivity index (χ1v) is 5.32. The van der Waals surface area contributed by atoms with E-state index < -0.39 is 0 Å². The molecule has 0 aromatic carbocycles. The first kappa shape index (κ1) is 10.8. The van der Waals surface area contributed by atoms with E-state index in [-0.39, 0.29) is 0 Å². The van der Waals surface area contributed by atoms with E-state index in [9.17, 15) is 0 Å². The second kappa shape index (κ2) is 4.28. The highest BCUT2D eigenvalue weighted by molar-refractivity contribution is 5.08. The summed E-state index contributed by atoms with van der Waals surface area (Å²) in [6, 6.07) is 0. The standard InChI is InChI=1S/C12H23N/c1-9-6-10(2)12(8-13(4)5)11(3)7-9/h6,10-12H,7-8H2,1-5H3/t10-,11+,12-/m0/s1. The van der Waals surface area contributed by atoms with E-state index >= 15 is 0 Å². The molecule has 1 aliphatic rings. The smallest absolute Gasteiger partial charge is 0.00117 e. The molecule has 0 saturated heterocycles. The van der Waals surface area contributed by atoms with Gasteiger partial charge in [-0.15, -0.1) is 0 Å². The molecule has 0 aromatic heterocycles. The molecule has 1 rings (SSSR count). The van der Waals surface area contributed by atoms with E-state index in [2.05, 4.69) is 45.8 Å². The van der Waals surface area contributed by atoms with Crippen LogP contribution in [-0.2, 0) is 0 Å². The van der Waals surface area contributed by atoms with Gasteiger partial charge in [-0.1, -0.05) is 25.5 Å². The van der Waals surface area contributed by atoms with E-state index in [1.807, 2.05) is 0 Å². The van der Waals surface area contributed by atoms with Gasteiger partial charge < -0.3 is 4.90 Å². The second-order valence-corrected chi connectivity index (χ2v) is 4.98. The summed E-state index contributed by atoms with van der Waals surface area (Å²) in [5.74, 6) is 2.45. The van der Waals surface area contributed by atoms with Crippen LogP contribution in [0.2, 0.25) is 0 Å². The van der Waals surface area contributed by atoms with Crippen molar-refractivity contribution in [3.63, 3.8) is 0 Å². The van der Waals surface area contributed by atoms with Crippen LogP contribution < -0.4 is 0 Å². The van der Waals surface area contributed by atoms with Crippen LogP contribution in [0.15, 0.2) is 11.6 Å². The van der Waals surface area contributed by atoms with Crippen LogP contribution in [-0.4, -0.2) is 25.5 Å². The number of hydrogen-bond donors (Lipinski definition) is 0. The van der Waals surface area contributed by atoms with Crippen molar-refractivity contribution >= 4 is 0 Å². The maximum absolute atomic E-state index is 2.45. The Kier molecular flexibility index (Phi) is 3.55. The molecule has 0 spiro atoms. The van der Waals surface area contributed by atoms with E-state index in [1.165, 1.54) is 13.0 Å². The zero-order chi connectivity index (χ0) is 10.0. The summed E-state index contributed by atoms with van der Waals surface area (Å²) in [5, 5.41) is 0. The molecule has 1 nitrogen and oxygen atoms in total. The van der Waals surface area contributed by atoms with E-state index in [0.29, 0.717) is 0 Å². The van der Waals surface area contributed by atoms with Gasteiger partial charge in [-0.3, -0.25) is 0 Å². The fourth-order valence-corrected chi connectivity index (χ4v) is 2.59. The normalized spacial score (nSPS) is 34.9. The van der Waals surface area contributed by atoms with Gasteiger partial charge in [0.25, 0.3) is 0 Å². The van der Waals surface area contributed by atoms with Crippen LogP contribution in [0.4, 0.5) is 0 Å². The first-order chi connectivity index (χ1) is 6.00. The van der Waals surface area contributed by atoms with Gasteiger partial charge in [0.15, 0.2) is 0 Å². The zero-order valence-electron chi connectivity index (χ0n) is 9.67. The van der Waals surface area contributed by atoms with Crippen molar-refractivity contribution in [3.8, 4) is 0 Å². The monoisotopic (exact) mass is 181 g/mol. The van der Waals surface area contributed by atoms with Crippen molar-refractivity contribution in [3.05, 3.63) is 11.6 Å². The van der Waals surface area contributed by atoms with Gasteiger partial charge in [0, 0.05) is 6.54 Å². The molecule has 1 heteroatoms. The molecular formula is C12H23N. The summed E-state index contributed by atoms with van der Waals surface area (Å²) in [6.45, 7) is 8.24. The van der Waals surface area contributed by atoms with Gasteiger partial charge in [-0.25, -0.2) is 0 Å². The highest BCUT2D eigenvalue weighted by atomic mass is 15.1. The third kappa shape index (κ3) is 2.84. The van der Waals surface area contributed by atoms with Crippen molar-refractivity contribution in [2.75, 3.05) is 20.6 Å². The molecule has 0 radical (unpaired) electrons. The SMILES string of the molecule is CC1=C[C@H](C)[C@H](CN(C)C)[C@H](C)C1. The highest BCUT2D eigenvalue weighted by Gasteiger charge is 2.26. The van der Waals surface area contributed by atoms with Crippen LogP contribution in [0.5, 0.6) is 0 Å². The van der Waals surface area contributed by atoms with Crippen molar-refractivity contribution in [1.29, 1.82) is 0 Å². The fraction of sp³-hybridized carbons (Fsp3) is 0.833. The Morgan fingerprint density at radius 2 is 2.00 bits per heavy atom. The highest BCUT2D eigenvalue weighted by Crippen LogP contribution is 2.33. The lowest BCUT2D eigenvalue weighted by atomic mass is 9.75. The number of hydrogen-bond acceptors (Lipinski definition) is 1. The van der Waals surface area contributed by atoms with Crippen molar-refractivity contribution < 1.29 is 0 Å². The molecule has 0 aromatic rings. The Balaban J connectivity index is 2.63. The minimum Gasteiger partial charge on any atom is -0.309 e. The van der Waals surface area contributed by atoms with Gasteiger partial charge in [0.05, 0.1) is 0 Å². The van der Waals surface area contributed by atoms with Crippen LogP contribution in [0.1, 0.15) is 27.2 Å². The summed E-state index contributed by atoms with van der Waals surface area (Å²) in [7, 11) is 4.34. The molecule has 0 saturated carbocycles. The Bertz CT molecular complexity index is 193. The Morgan fingerprint density at radius 1 is 1.38 bits per heavy atom. The largest absolute Gasteiger partial charge is 0.309 e. The maximum Gasteiger partial charge on any atom is 0.00117 e. The van der Waals surface area contributed by atoms with Crippen molar-refractivity contribution in [2.45, 2.75) is 27.2 Å². The number of nitrogens with zero attached hydrogens (tertiary/aromatic N) is 1. The average molecular weight is 181 g/mol. The van der Waals surface area contributed by atoms with Gasteiger partial charge in [-0.2, -0.15) is 0 Å². The molecule has 0 bridgehead atoms. The molecule has 0 fully saturated rings. The minimum atomic E-state index is 0.756. The van der Waals surface area contributed by atoms with Gasteiger partial charge >= 0.3 is 0 Å². The molecular weight excluding hydrogens is 158 g/mol. The Hall–Kier alpha value is -0.300. The van der Waals surface area contributed by atoms with Crippen molar-refractivity contribution in [2.24, 2.45) is 17.8 Å². The molecule has 13 heavy (non-hydrogen) atoms. The van der Waals surface area contributed by atoms with Gasteiger partial charge in [0.2, 0.25) is 0 Å². The van der Waals surface area contributed by atoms with Crippen LogP contribution in [0.3, 0.4) is 0 Å². The lowest BCUT2D eigenvalue weighted by Gasteiger charge is -2.34. The molecule has 0 unspecified atom stereocenters. The van der Waals surface area contributed by atoms with Crippen LogP contribution in [0, 0.1) is 17.8 Å². The molecule has 1 aliphatic carbocycles. The lowest BCUT2D eigenvalue weighted by Crippen LogP contribution is -2.32. The third-order valence-corrected chi connectivity index (χ3v) is 3.17. The van der Waals surface area contributed by atoms with E-state index in [1.54, 1.807) is 5.57 Å². The average Bonchev–Trinajstić information content (AvgIpc) is 1.96.